The van der Waals surface area contributed by atoms with Crippen LogP contribution in [0.3, 0.4) is 0 Å². The summed E-state index contributed by atoms with van der Waals surface area (Å²) in [5.74, 6) is 1.49. The van der Waals surface area contributed by atoms with Crippen molar-refractivity contribution in [1.82, 2.24) is 0 Å². The first kappa shape index (κ1) is 14.2. The highest BCUT2D eigenvalue weighted by Gasteiger charge is 2.25. The van der Waals surface area contributed by atoms with Gasteiger partial charge in [0.15, 0.2) is 6.61 Å². The van der Waals surface area contributed by atoms with Gasteiger partial charge in [0.05, 0.1) is 6.61 Å². The van der Waals surface area contributed by atoms with Crippen molar-refractivity contribution in [2.45, 2.75) is 38.5 Å². The van der Waals surface area contributed by atoms with Gasteiger partial charge in [0.2, 0.25) is 0 Å². The molecule has 1 aliphatic rings. The third-order valence-electron chi connectivity index (χ3n) is 3.52. The topological polar surface area (TPSA) is 35.5 Å². The molecule has 0 aliphatic heterocycles. The van der Waals surface area contributed by atoms with Crippen molar-refractivity contribution in [2.75, 3.05) is 13.2 Å². The van der Waals surface area contributed by atoms with Gasteiger partial charge in [-0.15, -0.1) is 11.6 Å². The van der Waals surface area contributed by atoms with Gasteiger partial charge in [-0.05, 0) is 48.4 Å². The second-order valence-electron chi connectivity index (χ2n) is 4.78. The monoisotopic (exact) mass is 282 g/mol. The molecule has 1 aromatic carbocycles. The maximum absolute atomic E-state index is 11.3. The molecule has 4 heteroatoms. The summed E-state index contributed by atoms with van der Waals surface area (Å²) in [6, 6.07) is 3.90. The van der Waals surface area contributed by atoms with Gasteiger partial charge in [-0.25, -0.2) is 4.79 Å². The fourth-order valence-electron chi connectivity index (χ4n) is 2.66. The van der Waals surface area contributed by atoms with E-state index in [4.69, 9.17) is 21.1 Å². The number of alkyl halides is 1. The molecule has 1 atom stereocenters. The van der Waals surface area contributed by atoms with Gasteiger partial charge in [-0.3, -0.25) is 0 Å². The zero-order valence-corrected chi connectivity index (χ0v) is 12.1. The zero-order valence-electron chi connectivity index (χ0n) is 11.4. The van der Waals surface area contributed by atoms with Crippen molar-refractivity contribution in [2.24, 2.45) is 0 Å². The van der Waals surface area contributed by atoms with E-state index in [-0.39, 0.29) is 12.6 Å². The number of benzene rings is 1. The van der Waals surface area contributed by atoms with E-state index in [2.05, 4.69) is 6.92 Å². The third-order valence-corrected chi connectivity index (χ3v) is 3.81. The van der Waals surface area contributed by atoms with Crippen molar-refractivity contribution in [1.29, 1.82) is 0 Å². The lowest BCUT2D eigenvalue weighted by Crippen LogP contribution is -2.15. The summed E-state index contributed by atoms with van der Waals surface area (Å²) < 4.78 is 10.5. The number of carbonyl (C=O) groups is 1. The third kappa shape index (κ3) is 3.03. The lowest BCUT2D eigenvalue weighted by molar-refractivity contribution is -0.145. The number of rotatable bonds is 5. The van der Waals surface area contributed by atoms with Crippen LogP contribution >= 0.6 is 11.6 Å². The minimum atomic E-state index is -0.330. The van der Waals surface area contributed by atoms with E-state index in [0.717, 1.165) is 18.6 Å². The quantitative estimate of drug-likeness (QED) is 0.613. The lowest BCUT2D eigenvalue weighted by Gasteiger charge is -2.14. The second kappa shape index (κ2) is 6.29. The second-order valence-corrected chi connectivity index (χ2v) is 5.05. The van der Waals surface area contributed by atoms with Crippen LogP contribution in [-0.4, -0.2) is 19.2 Å². The number of halogens is 1. The standard InChI is InChI=1S/C15H19ClO3/c1-3-18-14(17)9-19-13-7-5-11(8-16)15-10(2)4-6-12(13)15/h5,7,10H,3-4,6,8-9H2,1-2H3. The largest absolute Gasteiger partial charge is 0.482 e. The van der Waals surface area contributed by atoms with Crippen molar-refractivity contribution >= 4 is 17.6 Å². The first-order chi connectivity index (χ1) is 9.17. The SMILES string of the molecule is CCOC(=O)COc1ccc(CCl)c2c1CCC2C. The molecule has 1 aromatic rings. The van der Waals surface area contributed by atoms with Crippen LogP contribution in [-0.2, 0) is 21.8 Å². The van der Waals surface area contributed by atoms with Crippen molar-refractivity contribution < 1.29 is 14.3 Å². The number of hydrogen-bond acceptors (Lipinski definition) is 3. The summed E-state index contributed by atoms with van der Waals surface area (Å²) in [5.41, 5.74) is 3.68. The van der Waals surface area contributed by atoms with Crippen LogP contribution in [0.25, 0.3) is 0 Å². The van der Waals surface area contributed by atoms with Crippen LogP contribution in [0.15, 0.2) is 12.1 Å². The smallest absolute Gasteiger partial charge is 0.344 e. The molecule has 0 saturated carbocycles. The Bertz CT molecular complexity index is 471. The van der Waals surface area contributed by atoms with Gasteiger partial charge in [-0.1, -0.05) is 13.0 Å². The highest BCUT2D eigenvalue weighted by Crippen LogP contribution is 2.40. The first-order valence-electron chi connectivity index (χ1n) is 6.66. The van der Waals surface area contributed by atoms with Crippen LogP contribution in [0.1, 0.15) is 42.9 Å². The van der Waals surface area contributed by atoms with Gasteiger partial charge in [-0.2, -0.15) is 0 Å². The Labute approximate surface area is 118 Å². The summed E-state index contributed by atoms with van der Waals surface area (Å²) in [6.07, 6.45) is 2.10. The van der Waals surface area contributed by atoms with E-state index >= 15 is 0 Å². The number of carbonyl (C=O) groups excluding carboxylic acids is 1. The average molecular weight is 283 g/mol. The van der Waals surface area contributed by atoms with Gasteiger partial charge in [0.25, 0.3) is 0 Å². The normalized spacial score (nSPS) is 17.1. The molecule has 0 N–H and O–H groups in total. The van der Waals surface area contributed by atoms with Crippen molar-refractivity contribution in [3.63, 3.8) is 0 Å². The van der Waals surface area contributed by atoms with Gasteiger partial charge < -0.3 is 9.47 Å². The minimum Gasteiger partial charge on any atom is -0.482 e. The van der Waals surface area contributed by atoms with Crippen molar-refractivity contribution in [3.05, 3.63) is 28.8 Å². The van der Waals surface area contributed by atoms with Crippen LogP contribution in [0, 0.1) is 0 Å². The van der Waals surface area contributed by atoms with Crippen LogP contribution < -0.4 is 4.74 Å². The fourth-order valence-corrected chi connectivity index (χ4v) is 2.89. The van der Waals surface area contributed by atoms with E-state index in [0.29, 0.717) is 18.4 Å². The molecule has 0 bridgehead atoms. The Balaban J connectivity index is 2.17. The Kier molecular flexibility index (Phi) is 4.70. The van der Waals surface area contributed by atoms with Crippen LogP contribution in [0.5, 0.6) is 5.75 Å². The molecule has 0 spiro atoms. The van der Waals surface area contributed by atoms with Gasteiger partial charge in [0.1, 0.15) is 5.75 Å². The zero-order chi connectivity index (χ0) is 13.8. The predicted molar refractivity (Wildman–Crippen MR) is 74.9 cm³/mol. The number of esters is 1. The van der Waals surface area contributed by atoms with Crippen LogP contribution in [0.2, 0.25) is 0 Å². The number of fused-ring (bicyclic) bond motifs is 1. The van der Waals surface area contributed by atoms with E-state index in [1.165, 1.54) is 16.7 Å². The molecule has 0 fully saturated rings. The van der Waals surface area contributed by atoms with Crippen LogP contribution in [0.4, 0.5) is 0 Å². The Hall–Kier alpha value is -1.22. The molecule has 0 amide bonds. The summed E-state index contributed by atoms with van der Waals surface area (Å²) >= 11 is 5.98. The molecule has 2 rings (SSSR count). The molecule has 1 aliphatic carbocycles. The Morgan fingerprint density at radius 1 is 1.47 bits per heavy atom. The summed E-state index contributed by atoms with van der Waals surface area (Å²) in [6.45, 7) is 4.33. The maximum atomic E-state index is 11.3. The van der Waals surface area contributed by atoms with Gasteiger partial charge in [0, 0.05) is 5.88 Å². The molecule has 0 saturated heterocycles. The fraction of sp³-hybridized carbons (Fsp3) is 0.533. The van der Waals surface area contributed by atoms with E-state index < -0.39 is 0 Å². The van der Waals surface area contributed by atoms with Crippen molar-refractivity contribution in [3.8, 4) is 5.75 Å². The first-order valence-corrected chi connectivity index (χ1v) is 7.19. The van der Waals surface area contributed by atoms with Gasteiger partial charge >= 0.3 is 5.97 Å². The lowest BCUT2D eigenvalue weighted by atomic mass is 9.97. The molecule has 19 heavy (non-hydrogen) atoms. The summed E-state index contributed by atoms with van der Waals surface area (Å²) in [7, 11) is 0. The molecule has 0 radical (unpaired) electrons. The maximum Gasteiger partial charge on any atom is 0.344 e. The summed E-state index contributed by atoms with van der Waals surface area (Å²) in [4.78, 5) is 11.3. The molecule has 1 unspecified atom stereocenters. The molecule has 3 nitrogen and oxygen atoms in total. The molecular formula is C15H19ClO3. The minimum absolute atomic E-state index is 0.0329. The van der Waals surface area contributed by atoms with E-state index in [1.54, 1.807) is 6.92 Å². The molecular weight excluding hydrogens is 264 g/mol. The predicted octanol–water partition coefficient (Wildman–Crippen LogP) is 3.42. The van der Waals surface area contributed by atoms with E-state index in [9.17, 15) is 4.79 Å². The Morgan fingerprint density at radius 3 is 2.95 bits per heavy atom. The van der Waals surface area contributed by atoms with E-state index in [1.807, 2.05) is 12.1 Å². The molecule has 0 aromatic heterocycles. The number of hydrogen-bond donors (Lipinski definition) is 0. The average Bonchev–Trinajstić information content (AvgIpc) is 2.79. The highest BCUT2D eigenvalue weighted by atomic mass is 35.5. The Morgan fingerprint density at radius 2 is 2.26 bits per heavy atom. The number of ether oxygens (including phenoxy) is 2. The highest BCUT2D eigenvalue weighted by molar-refractivity contribution is 6.17. The molecule has 0 heterocycles. The molecule has 104 valence electrons. The summed E-state index contributed by atoms with van der Waals surface area (Å²) in [5, 5.41) is 0.